The van der Waals surface area contributed by atoms with Crippen molar-refractivity contribution in [2.24, 2.45) is 0 Å². The fourth-order valence-electron chi connectivity index (χ4n) is 3.93. The number of carbonyl (C=O) groups is 1. The molecule has 4 atom stereocenters. The molecule has 1 aliphatic rings. The molecule has 12 heteroatoms. The maximum atomic E-state index is 12.1. The minimum atomic E-state index is -1.42. The molecule has 5 rings (SSSR count). The molecule has 4 N–H and O–H groups in total. The van der Waals surface area contributed by atoms with Crippen LogP contribution in [0, 0.1) is 0 Å². The Bertz CT molecular complexity index is 1370. The number of anilines is 1. The third-order valence-corrected chi connectivity index (χ3v) is 5.94. The van der Waals surface area contributed by atoms with Gasteiger partial charge in [0.05, 0.1) is 6.33 Å². The monoisotopic (exact) mass is 495 g/mol. The molecule has 0 aliphatic carbocycles. The van der Waals surface area contributed by atoms with Crippen molar-refractivity contribution in [3.63, 3.8) is 0 Å². The Morgan fingerprint density at radius 2 is 2.06 bits per heavy atom. The van der Waals surface area contributed by atoms with Gasteiger partial charge < -0.3 is 25.6 Å². The Labute approximate surface area is 204 Å². The third kappa shape index (κ3) is 4.42. The molecule has 0 radical (unpaired) electrons. The molecule has 0 bridgehead atoms. The summed E-state index contributed by atoms with van der Waals surface area (Å²) in [6, 6.07) is 11.0. The predicted molar refractivity (Wildman–Crippen MR) is 127 cm³/mol. The number of pyridine rings is 1. The lowest BCUT2D eigenvalue weighted by atomic mass is 10.1. The predicted octanol–water partition coefficient (Wildman–Crippen LogP) is 1.52. The summed E-state index contributed by atoms with van der Waals surface area (Å²) in [7, 11) is 1.43. The van der Waals surface area contributed by atoms with Gasteiger partial charge in [-0.05, 0) is 29.8 Å². The van der Waals surface area contributed by atoms with Crippen molar-refractivity contribution < 1.29 is 19.7 Å². The molecule has 4 aromatic rings. The minimum absolute atomic E-state index is 0.348. The number of carbonyl (C=O) groups excluding carboxylic acids is 1. The fraction of sp³-hybridized carbons (Fsp3) is 0.261. The van der Waals surface area contributed by atoms with E-state index < -0.39 is 30.4 Å². The van der Waals surface area contributed by atoms with E-state index in [-0.39, 0.29) is 0 Å². The lowest BCUT2D eigenvalue weighted by Crippen LogP contribution is -2.41. The van der Waals surface area contributed by atoms with Gasteiger partial charge >= 0.3 is 0 Å². The number of hydrogen-bond acceptors (Lipinski definition) is 9. The van der Waals surface area contributed by atoms with Crippen LogP contribution >= 0.6 is 11.6 Å². The highest BCUT2D eigenvalue weighted by molar-refractivity contribution is 6.30. The number of benzene rings is 1. The largest absolute Gasteiger partial charge is 0.387 e. The molecule has 0 unspecified atom stereocenters. The molecule has 11 nitrogen and oxygen atoms in total. The first-order chi connectivity index (χ1) is 17.0. The lowest BCUT2D eigenvalue weighted by molar-refractivity contribution is -0.137. The summed E-state index contributed by atoms with van der Waals surface area (Å²) in [5, 5.41) is 27.4. The normalized spacial score (nSPS) is 21.8. The van der Waals surface area contributed by atoms with Crippen LogP contribution in [0.2, 0.25) is 5.02 Å². The molecule has 35 heavy (non-hydrogen) atoms. The van der Waals surface area contributed by atoms with Gasteiger partial charge in [-0.3, -0.25) is 14.3 Å². The van der Waals surface area contributed by atoms with E-state index in [4.69, 9.17) is 16.3 Å². The quantitative estimate of drug-likeness (QED) is 0.312. The second-order valence-corrected chi connectivity index (χ2v) is 8.42. The van der Waals surface area contributed by atoms with Crippen molar-refractivity contribution >= 4 is 34.5 Å². The number of nitrogens with zero attached hydrogens (tertiary/aromatic N) is 5. The molecule has 1 saturated heterocycles. The summed E-state index contributed by atoms with van der Waals surface area (Å²) < 4.78 is 7.21. The third-order valence-electron chi connectivity index (χ3n) is 5.71. The van der Waals surface area contributed by atoms with Crippen LogP contribution in [-0.4, -0.2) is 66.0 Å². The fourth-order valence-corrected chi connectivity index (χ4v) is 4.14. The van der Waals surface area contributed by atoms with Crippen LogP contribution in [0.1, 0.15) is 11.8 Å². The van der Waals surface area contributed by atoms with E-state index in [2.05, 4.69) is 30.6 Å². The summed E-state index contributed by atoms with van der Waals surface area (Å²) in [5.74, 6) is 0.276. The van der Waals surface area contributed by atoms with E-state index in [0.717, 1.165) is 5.56 Å². The van der Waals surface area contributed by atoms with Crippen molar-refractivity contribution in [2.75, 3.05) is 12.4 Å². The van der Waals surface area contributed by atoms with E-state index >= 15 is 0 Å². The van der Waals surface area contributed by atoms with Crippen molar-refractivity contribution in [1.29, 1.82) is 0 Å². The molecule has 1 aromatic carbocycles. The van der Waals surface area contributed by atoms with Crippen LogP contribution in [0.5, 0.6) is 0 Å². The minimum Gasteiger partial charge on any atom is -0.387 e. The van der Waals surface area contributed by atoms with Crippen molar-refractivity contribution in [3.8, 4) is 11.4 Å². The Hall–Kier alpha value is -3.64. The highest BCUT2D eigenvalue weighted by atomic mass is 35.5. The van der Waals surface area contributed by atoms with Crippen molar-refractivity contribution in [3.05, 3.63) is 65.7 Å². The number of aromatic nitrogens is 5. The Morgan fingerprint density at radius 1 is 1.20 bits per heavy atom. The molecular formula is C23H22ClN7O4. The van der Waals surface area contributed by atoms with Crippen LogP contribution in [0.3, 0.4) is 0 Å². The number of halogens is 1. The van der Waals surface area contributed by atoms with Gasteiger partial charge in [-0.25, -0.2) is 15.0 Å². The van der Waals surface area contributed by atoms with Crippen molar-refractivity contribution in [2.45, 2.75) is 31.1 Å². The number of imidazole rings is 1. The molecule has 0 spiro atoms. The number of nitrogens with one attached hydrogen (secondary N) is 2. The number of likely N-dealkylation sites (N-methyl/N-ethyl adjacent to an activating group) is 1. The van der Waals surface area contributed by atoms with Gasteiger partial charge in [0.15, 0.2) is 35.1 Å². The van der Waals surface area contributed by atoms with E-state index in [1.165, 1.54) is 17.9 Å². The van der Waals surface area contributed by atoms with E-state index in [9.17, 15) is 15.0 Å². The smallest absolute Gasteiger partial charge is 0.251 e. The highest BCUT2D eigenvalue weighted by Crippen LogP contribution is 2.33. The zero-order chi connectivity index (χ0) is 24.5. The zero-order valence-corrected chi connectivity index (χ0v) is 19.3. The first kappa shape index (κ1) is 23.1. The molecule has 0 saturated carbocycles. The van der Waals surface area contributed by atoms with Crippen molar-refractivity contribution in [1.82, 2.24) is 29.8 Å². The van der Waals surface area contributed by atoms with Crippen LogP contribution in [0.25, 0.3) is 22.6 Å². The van der Waals surface area contributed by atoms with Gasteiger partial charge in [0.1, 0.15) is 12.2 Å². The lowest BCUT2D eigenvalue weighted by Gasteiger charge is -2.17. The maximum absolute atomic E-state index is 12.1. The number of aliphatic hydroxyl groups excluding tert-OH is 2. The van der Waals surface area contributed by atoms with Gasteiger partial charge in [-0.1, -0.05) is 23.7 Å². The first-order valence-corrected chi connectivity index (χ1v) is 11.2. The molecule has 180 valence electrons. The SMILES string of the molecule is CNC(=O)[C@H]1O[C@@H](n2cnc3c(NCc4cccc(Cl)c4)nc(-c4cccnc4)nc32)[C@H](O)[C@@H]1O. The zero-order valence-electron chi connectivity index (χ0n) is 18.5. The standard InChI is InChI=1S/C23H22ClN7O4/c1-25-22(34)18-16(32)17(33)23(35-18)31-11-28-15-20(27-9-12-4-2-6-14(24)8-12)29-19(30-21(15)31)13-5-3-7-26-10-13/h2-8,10-11,16-18,23,32-33H,9H2,1H3,(H,25,34)(H,27,29,30)/t16-,17+,18-,23+/m0/s1. The van der Waals surface area contributed by atoms with E-state index in [1.54, 1.807) is 24.5 Å². The number of ether oxygens (including phenoxy) is 1. The van der Waals surface area contributed by atoms with Crippen LogP contribution < -0.4 is 10.6 Å². The second kappa shape index (κ2) is 9.55. The summed E-state index contributed by atoms with van der Waals surface area (Å²) in [4.78, 5) is 30.0. The van der Waals surface area contributed by atoms with Crippen LogP contribution in [0.15, 0.2) is 55.1 Å². The van der Waals surface area contributed by atoms with E-state index in [1.807, 2.05) is 24.3 Å². The van der Waals surface area contributed by atoms with Crippen LogP contribution in [0.4, 0.5) is 5.82 Å². The van der Waals surface area contributed by atoms with Gasteiger partial charge in [-0.2, -0.15) is 0 Å². The highest BCUT2D eigenvalue weighted by Gasteiger charge is 2.47. The van der Waals surface area contributed by atoms with Gasteiger partial charge in [0, 0.05) is 36.6 Å². The summed E-state index contributed by atoms with van der Waals surface area (Å²) in [6.45, 7) is 0.423. The number of rotatable bonds is 6. The van der Waals surface area contributed by atoms with Crippen LogP contribution in [-0.2, 0) is 16.1 Å². The number of amides is 1. The summed E-state index contributed by atoms with van der Waals surface area (Å²) in [6.07, 6.45) is -0.411. The number of aliphatic hydroxyl groups is 2. The Balaban J connectivity index is 1.57. The molecule has 1 amide bonds. The number of hydrogen-bond donors (Lipinski definition) is 4. The maximum Gasteiger partial charge on any atom is 0.251 e. The van der Waals surface area contributed by atoms with Gasteiger partial charge in [0.2, 0.25) is 0 Å². The molecule has 1 fully saturated rings. The Morgan fingerprint density at radius 3 is 2.80 bits per heavy atom. The topological polar surface area (TPSA) is 147 Å². The Kier molecular flexibility index (Phi) is 6.31. The average Bonchev–Trinajstić information content (AvgIpc) is 3.43. The first-order valence-electron chi connectivity index (χ1n) is 10.8. The van der Waals surface area contributed by atoms with Gasteiger partial charge in [-0.15, -0.1) is 0 Å². The molecular weight excluding hydrogens is 474 g/mol. The second-order valence-electron chi connectivity index (χ2n) is 7.99. The summed E-state index contributed by atoms with van der Waals surface area (Å²) >= 11 is 6.11. The molecule has 3 aromatic heterocycles. The number of fused-ring (bicyclic) bond motifs is 1. The summed E-state index contributed by atoms with van der Waals surface area (Å²) in [5.41, 5.74) is 2.39. The van der Waals surface area contributed by atoms with E-state index in [0.29, 0.717) is 39.9 Å². The molecule has 4 heterocycles. The van der Waals surface area contributed by atoms with Gasteiger partial charge in [0.25, 0.3) is 5.91 Å². The average molecular weight is 496 g/mol. The molecule has 1 aliphatic heterocycles.